The highest BCUT2D eigenvalue weighted by molar-refractivity contribution is 7.88. The molecule has 1 aliphatic rings. The first kappa shape index (κ1) is 22.7. The van der Waals surface area contributed by atoms with Crippen LogP contribution in [0.2, 0.25) is 5.02 Å². The smallest absolute Gasteiger partial charge is 0.241 e. The van der Waals surface area contributed by atoms with Crippen LogP contribution in [0.4, 0.5) is 5.69 Å². The molecule has 30 heavy (non-hydrogen) atoms. The third-order valence-corrected chi connectivity index (χ3v) is 7.61. The number of nitrogens with one attached hydrogen (secondary N) is 1. The number of carbonyl (C=O) groups is 1. The maximum Gasteiger partial charge on any atom is 0.241 e. The molecule has 2 aromatic rings. The van der Waals surface area contributed by atoms with E-state index < -0.39 is 10.0 Å². The second-order valence-electron chi connectivity index (χ2n) is 7.78. The van der Waals surface area contributed by atoms with Crippen molar-refractivity contribution in [1.82, 2.24) is 9.21 Å². The first-order valence-corrected chi connectivity index (χ1v) is 12.0. The van der Waals surface area contributed by atoms with Gasteiger partial charge in [0.1, 0.15) is 0 Å². The first-order valence-electron chi connectivity index (χ1n) is 10.0. The number of nitrogens with zero attached hydrogens (tertiary/aromatic N) is 2. The van der Waals surface area contributed by atoms with E-state index in [0.717, 1.165) is 16.7 Å². The van der Waals surface area contributed by atoms with Crippen molar-refractivity contribution >= 4 is 33.2 Å². The highest BCUT2D eigenvalue weighted by Crippen LogP contribution is 2.27. The Balaban J connectivity index is 1.58. The van der Waals surface area contributed by atoms with Crippen LogP contribution in [0.15, 0.2) is 42.5 Å². The van der Waals surface area contributed by atoms with Crippen LogP contribution >= 0.6 is 11.6 Å². The van der Waals surface area contributed by atoms with E-state index >= 15 is 0 Å². The molecule has 1 unspecified atom stereocenters. The summed E-state index contributed by atoms with van der Waals surface area (Å²) in [4.78, 5) is 14.8. The number of benzene rings is 2. The predicted molar refractivity (Wildman–Crippen MR) is 121 cm³/mol. The SMILES string of the molecule is Cc1cc(C)c(NC(=O)C(C)N2CCN(S(=O)(=O)Cc3ccccc3)CC2)c(Cl)c1. The van der Waals surface area contributed by atoms with Crippen molar-refractivity contribution in [2.24, 2.45) is 0 Å². The summed E-state index contributed by atoms with van der Waals surface area (Å²) in [6.07, 6.45) is 0. The van der Waals surface area contributed by atoms with Crippen LogP contribution in [-0.4, -0.2) is 55.8 Å². The molecular weight excluding hydrogens is 422 g/mol. The highest BCUT2D eigenvalue weighted by atomic mass is 35.5. The maximum atomic E-state index is 12.8. The van der Waals surface area contributed by atoms with Crippen molar-refractivity contribution in [2.45, 2.75) is 32.6 Å². The molecule has 6 nitrogen and oxygen atoms in total. The molecule has 8 heteroatoms. The van der Waals surface area contributed by atoms with Crippen molar-refractivity contribution < 1.29 is 13.2 Å². The third kappa shape index (κ3) is 5.40. The van der Waals surface area contributed by atoms with Crippen molar-refractivity contribution in [3.8, 4) is 0 Å². The molecule has 1 N–H and O–H groups in total. The van der Waals surface area contributed by atoms with E-state index in [1.807, 2.05) is 68.1 Å². The number of piperazine rings is 1. The minimum atomic E-state index is -3.38. The first-order chi connectivity index (χ1) is 14.2. The van der Waals surface area contributed by atoms with Gasteiger partial charge in [-0.2, -0.15) is 4.31 Å². The van der Waals surface area contributed by atoms with Gasteiger partial charge in [0.2, 0.25) is 15.9 Å². The van der Waals surface area contributed by atoms with Gasteiger partial charge in [-0.15, -0.1) is 0 Å². The van der Waals surface area contributed by atoms with E-state index in [1.165, 1.54) is 4.31 Å². The van der Waals surface area contributed by atoms with Gasteiger partial charge in [0, 0.05) is 26.2 Å². The van der Waals surface area contributed by atoms with E-state index in [9.17, 15) is 13.2 Å². The molecular formula is C22H28ClN3O3S. The molecule has 162 valence electrons. The van der Waals surface area contributed by atoms with Crippen molar-refractivity contribution in [3.05, 3.63) is 64.2 Å². The molecule has 1 fully saturated rings. The Morgan fingerprint density at radius 1 is 1.10 bits per heavy atom. The molecule has 0 saturated carbocycles. The Kier molecular flexibility index (Phi) is 7.18. The van der Waals surface area contributed by atoms with Crippen LogP contribution in [0.3, 0.4) is 0 Å². The predicted octanol–water partition coefficient (Wildman–Crippen LogP) is 3.43. The molecule has 1 heterocycles. The zero-order valence-corrected chi connectivity index (χ0v) is 19.1. The topological polar surface area (TPSA) is 69.7 Å². The molecule has 0 spiro atoms. The minimum absolute atomic E-state index is 0.00488. The molecule has 0 aliphatic carbocycles. The standard InChI is InChI=1S/C22H28ClN3O3S/c1-16-13-17(2)21(20(23)14-16)24-22(27)18(3)25-9-11-26(12-10-25)30(28,29)15-19-7-5-4-6-8-19/h4-8,13-14,18H,9-12,15H2,1-3H3,(H,24,27). The monoisotopic (exact) mass is 449 g/mol. The van der Waals surface area contributed by atoms with Gasteiger partial charge in [-0.3, -0.25) is 9.69 Å². The number of hydrogen-bond acceptors (Lipinski definition) is 4. The highest BCUT2D eigenvalue weighted by Gasteiger charge is 2.31. The average molecular weight is 450 g/mol. The van der Waals surface area contributed by atoms with Crippen LogP contribution in [0, 0.1) is 13.8 Å². The van der Waals surface area contributed by atoms with Crippen LogP contribution in [0.25, 0.3) is 0 Å². The van der Waals surface area contributed by atoms with Gasteiger partial charge in [-0.05, 0) is 43.5 Å². The second kappa shape index (κ2) is 9.47. The number of hydrogen-bond donors (Lipinski definition) is 1. The van der Waals surface area contributed by atoms with Gasteiger partial charge < -0.3 is 5.32 Å². The van der Waals surface area contributed by atoms with Crippen LogP contribution in [0.5, 0.6) is 0 Å². The molecule has 0 radical (unpaired) electrons. The Morgan fingerprint density at radius 2 is 1.73 bits per heavy atom. The fraction of sp³-hybridized carbons (Fsp3) is 0.409. The molecule has 0 bridgehead atoms. The lowest BCUT2D eigenvalue weighted by Gasteiger charge is -2.36. The van der Waals surface area contributed by atoms with E-state index in [1.54, 1.807) is 0 Å². The summed E-state index contributed by atoms with van der Waals surface area (Å²) < 4.78 is 27.0. The molecule has 0 aromatic heterocycles. The molecule has 1 atom stereocenters. The number of sulfonamides is 1. The van der Waals surface area contributed by atoms with E-state index in [-0.39, 0.29) is 17.7 Å². The third-order valence-electron chi connectivity index (χ3n) is 5.47. The average Bonchev–Trinajstić information content (AvgIpc) is 2.70. The lowest BCUT2D eigenvalue weighted by Crippen LogP contribution is -2.54. The van der Waals surface area contributed by atoms with Gasteiger partial charge in [0.05, 0.1) is 22.5 Å². The largest absolute Gasteiger partial charge is 0.323 e. The number of carbonyl (C=O) groups excluding carboxylic acids is 1. The van der Waals surface area contributed by atoms with E-state index in [4.69, 9.17) is 11.6 Å². The van der Waals surface area contributed by atoms with Gasteiger partial charge in [-0.25, -0.2) is 8.42 Å². The summed E-state index contributed by atoms with van der Waals surface area (Å²) in [7, 11) is -3.38. The Bertz CT molecular complexity index is 981. The Labute approximate surface area is 183 Å². The van der Waals surface area contributed by atoms with E-state index in [2.05, 4.69) is 5.32 Å². The number of halogens is 1. The number of anilines is 1. The molecule has 1 aliphatic heterocycles. The Morgan fingerprint density at radius 3 is 2.33 bits per heavy atom. The summed E-state index contributed by atoms with van der Waals surface area (Å²) in [5.41, 5.74) is 3.36. The number of amides is 1. The zero-order valence-electron chi connectivity index (χ0n) is 17.6. The van der Waals surface area contributed by atoms with Gasteiger partial charge >= 0.3 is 0 Å². The van der Waals surface area contributed by atoms with Gasteiger partial charge in [0.25, 0.3) is 0 Å². The second-order valence-corrected chi connectivity index (χ2v) is 10.2. The normalized spacial score (nSPS) is 16.9. The van der Waals surface area contributed by atoms with Crippen LogP contribution in [-0.2, 0) is 20.6 Å². The fourth-order valence-corrected chi connectivity index (χ4v) is 5.60. The lowest BCUT2D eigenvalue weighted by atomic mass is 10.1. The maximum absolute atomic E-state index is 12.8. The summed E-state index contributed by atoms with van der Waals surface area (Å²) in [6, 6.07) is 12.6. The molecule has 1 saturated heterocycles. The van der Waals surface area contributed by atoms with Crippen LogP contribution < -0.4 is 5.32 Å². The van der Waals surface area contributed by atoms with Gasteiger partial charge in [0.15, 0.2) is 0 Å². The molecule has 1 amide bonds. The quantitative estimate of drug-likeness (QED) is 0.733. The van der Waals surface area contributed by atoms with Crippen molar-refractivity contribution in [2.75, 3.05) is 31.5 Å². The Hall–Kier alpha value is -1.93. The summed E-state index contributed by atoms with van der Waals surface area (Å²) >= 11 is 6.30. The van der Waals surface area contributed by atoms with E-state index in [0.29, 0.717) is 36.9 Å². The summed E-state index contributed by atoms with van der Waals surface area (Å²) in [6.45, 7) is 7.45. The summed E-state index contributed by atoms with van der Waals surface area (Å²) in [5, 5.41) is 3.45. The molecule has 2 aromatic carbocycles. The summed E-state index contributed by atoms with van der Waals surface area (Å²) in [5.74, 6) is -0.154. The fourth-order valence-electron chi connectivity index (χ4n) is 3.71. The number of aryl methyl sites for hydroxylation is 2. The minimum Gasteiger partial charge on any atom is -0.323 e. The zero-order chi connectivity index (χ0) is 21.9. The number of rotatable bonds is 6. The lowest BCUT2D eigenvalue weighted by molar-refractivity contribution is -0.121. The van der Waals surface area contributed by atoms with Crippen LogP contribution in [0.1, 0.15) is 23.6 Å². The van der Waals surface area contributed by atoms with Gasteiger partial charge in [-0.1, -0.05) is 48.0 Å². The van der Waals surface area contributed by atoms with Crippen molar-refractivity contribution in [3.63, 3.8) is 0 Å². The molecule has 3 rings (SSSR count). The van der Waals surface area contributed by atoms with Crippen molar-refractivity contribution in [1.29, 1.82) is 0 Å².